The normalized spacial score (nSPS) is 15.8. The Labute approximate surface area is 118 Å². The zero-order valence-electron chi connectivity index (χ0n) is 11.7. The molecule has 5 heteroatoms. The summed E-state index contributed by atoms with van der Waals surface area (Å²) in [7, 11) is 0. The van der Waals surface area contributed by atoms with Crippen LogP contribution in [0.4, 0.5) is 4.79 Å². The van der Waals surface area contributed by atoms with E-state index in [9.17, 15) is 9.59 Å². The van der Waals surface area contributed by atoms with E-state index in [1.807, 2.05) is 18.2 Å². The van der Waals surface area contributed by atoms with Gasteiger partial charge in [-0.1, -0.05) is 18.2 Å². The highest BCUT2D eigenvalue weighted by molar-refractivity contribution is 5.94. The summed E-state index contributed by atoms with van der Waals surface area (Å²) in [5, 5.41) is 3.01. The molecular formula is C15H20N2O3. The van der Waals surface area contributed by atoms with Crippen molar-refractivity contribution in [3.8, 4) is 0 Å². The molecule has 1 N–H and O–H groups in total. The van der Waals surface area contributed by atoms with Crippen molar-refractivity contribution in [2.24, 2.45) is 0 Å². The Kier molecular flexibility index (Phi) is 4.98. The lowest BCUT2D eigenvalue weighted by Crippen LogP contribution is -2.46. The maximum atomic E-state index is 12.0. The molecule has 1 aromatic rings. The van der Waals surface area contributed by atoms with Gasteiger partial charge in [0.05, 0.1) is 6.61 Å². The molecule has 2 rings (SSSR count). The Balaban J connectivity index is 1.80. The number of amides is 2. The average molecular weight is 276 g/mol. The number of nitrogens with zero attached hydrogens (tertiary/aromatic N) is 1. The lowest BCUT2D eigenvalue weighted by atomic mass is 10.0. The van der Waals surface area contributed by atoms with E-state index in [-0.39, 0.29) is 18.0 Å². The van der Waals surface area contributed by atoms with Crippen LogP contribution >= 0.6 is 0 Å². The number of ether oxygens (including phenoxy) is 1. The van der Waals surface area contributed by atoms with E-state index in [0.717, 1.165) is 12.8 Å². The number of likely N-dealkylation sites (tertiary alicyclic amines) is 1. The molecule has 1 aliphatic rings. The monoisotopic (exact) mass is 276 g/mol. The number of rotatable bonds is 3. The first kappa shape index (κ1) is 14.4. The fraction of sp³-hybridized carbons (Fsp3) is 0.467. The number of hydrogen-bond donors (Lipinski definition) is 1. The maximum absolute atomic E-state index is 12.0. The first-order chi connectivity index (χ1) is 9.70. The third kappa shape index (κ3) is 3.73. The standard InChI is InChI=1S/C15H20N2O3/c1-2-20-15(19)17-10-8-13(9-11-17)16-14(18)12-6-4-3-5-7-12/h3-7,13H,2,8-11H2,1H3,(H,16,18). The fourth-order valence-electron chi connectivity index (χ4n) is 2.28. The van der Waals surface area contributed by atoms with E-state index in [0.29, 0.717) is 25.3 Å². The molecular weight excluding hydrogens is 256 g/mol. The average Bonchev–Trinajstić information content (AvgIpc) is 2.49. The van der Waals surface area contributed by atoms with Crippen molar-refractivity contribution < 1.29 is 14.3 Å². The Hall–Kier alpha value is -2.04. The van der Waals surface area contributed by atoms with E-state index in [1.165, 1.54) is 0 Å². The molecule has 1 aromatic carbocycles. The van der Waals surface area contributed by atoms with E-state index < -0.39 is 0 Å². The Bertz CT molecular complexity index is 453. The van der Waals surface area contributed by atoms with Crippen LogP contribution in [0.15, 0.2) is 30.3 Å². The van der Waals surface area contributed by atoms with Crippen molar-refractivity contribution in [2.75, 3.05) is 19.7 Å². The summed E-state index contributed by atoms with van der Waals surface area (Å²) in [6.45, 7) is 3.44. The molecule has 108 valence electrons. The molecule has 1 aliphatic heterocycles. The molecule has 0 spiro atoms. The second-order valence-corrected chi connectivity index (χ2v) is 4.80. The van der Waals surface area contributed by atoms with Gasteiger partial charge >= 0.3 is 6.09 Å². The van der Waals surface area contributed by atoms with Crippen LogP contribution in [0, 0.1) is 0 Å². The lowest BCUT2D eigenvalue weighted by Gasteiger charge is -2.31. The van der Waals surface area contributed by atoms with Gasteiger partial charge in [0.15, 0.2) is 0 Å². The van der Waals surface area contributed by atoms with Crippen LogP contribution in [-0.4, -0.2) is 42.6 Å². The van der Waals surface area contributed by atoms with Gasteiger partial charge in [-0.25, -0.2) is 4.79 Å². The summed E-state index contributed by atoms with van der Waals surface area (Å²) in [5.74, 6) is -0.0554. The summed E-state index contributed by atoms with van der Waals surface area (Å²) >= 11 is 0. The van der Waals surface area contributed by atoms with Gasteiger partial charge in [0.2, 0.25) is 0 Å². The molecule has 20 heavy (non-hydrogen) atoms. The van der Waals surface area contributed by atoms with Gasteiger partial charge < -0.3 is 15.0 Å². The van der Waals surface area contributed by atoms with Gasteiger partial charge in [0, 0.05) is 24.7 Å². The van der Waals surface area contributed by atoms with Crippen molar-refractivity contribution in [2.45, 2.75) is 25.8 Å². The Morgan fingerprint density at radius 1 is 1.25 bits per heavy atom. The predicted molar refractivity (Wildman–Crippen MR) is 75.5 cm³/mol. The lowest BCUT2D eigenvalue weighted by molar-refractivity contribution is 0.0860. The maximum Gasteiger partial charge on any atom is 0.409 e. The Morgan fingerprint density at radius 2 is 1.90 bits per heavy atom. The number of nitrogens with one attached hydrogen (secondary N) is 1. The molecule has 5 nitrogen and oxygen atoms in total. The fourth-order valence-corrected chi connectivity index (χ4v) is 2.28. The zero-order chi connectivity index (χ0) is 14.4. The predicted octanol–water partition coefficient (Wildman–Crippen LogP) is 2.04. The second-order valence-electron chi connectivity index (χ2n) is 4.80. The van der Waals surface area contributed by atoms with Crippen molar-refractivity contribution in [3.05, 3.63) is 35.9 Å². The van der Waals surface area contributed by atoms with Crippen LogP contribution in [0.25, 0.3) is 0 Å². The minimum Gasteiger partial charge on any atom is -0.450 e. The first-order valence-corrected chi connectivity index (χ1v) is 6.98. The molecule has 1 saturated heterocycles. The smallest absolute Gasteiger partial charge is 0.409 e. The van der Waals surface area contributed by atoms with Gasteiger partial charge in [-0.2, -0.15) is 0 Å². The molecule has 0 atom stereocenters. The molecule has 0 aliphatic carbocycles. The van der Waals surface area contributed by atoms with Crippen LogP contribution in [0.3, 0.4) is 0 Å². The number of carbonyl (C=O) groups excluding carboxylic acids is 2. The van der Waals surface area contributed by atoms with Gasteiger partial charge in [0.1, 0.15) is 0 Å². The molecule has 0 saturated carbocycles. The highest BCUT2D eigenvalue weighted by atomic mass is 16.6. The summed E-state index contributed by atoms with van der Waals surface area (Å²) in [4.78, 5) is 25.3. The third-order valence-electron chi connectivity index (χ3n) is 3.39. The summed E-state index contributed by atoms with van der Waals surface area (Å²) in [6, 6.07) is 9.28. The molecule has 0 unspecified atom stereocenters. The topological polar surface area (TPSA) is 58.6 Å². The summed E-state index contributed by atoms with van der Waals surface area (Å²) < 4.78 is 4.97. The van der Waals surface area contributed by atoms with Crippen molar-refractivity contribution in [1.29, 1.82) is 0 Å². The minimum atomic E-state index is -0.264. The first-order valence-electron chi connectivity index (χ1n) is 6.98. The van der Waals surface area contributed by atoms with Crippen molar-refractivity contribution in [3.63, 3.8) is 0 Å². The quantitative estimate of drug-likeness (QED) is 0.919. The van der Waals surface area contributed by atoms with E-state index in [4.69, 9.17) is 4.74 Å². The van der Waals surface area contributed by atoms with Crippen LogP contribution < -0.4 is 5.32 Å². The third-order valence-corrected chi connectivity index (χ3v) is 3.39. The van der Waals surface area contributed by atoms with Gasteiger partial charge in [0.25, 0.3) is 5.91 Å². The number of hydrogen-bond acceptors (Lipinski definition) is 3. The van der Waals surface area contributed by atoms with Crippen LogP contribution in [0.5, 0.6) is 0 Å². The van der Waals surface area contributed by atoms with Gasteiger partial charge in [-0.05, 0) is 31.9 Å². The van der Waals surface area contributed by atoms with Gasteiger partial charge in [-0.3, -0.25) is 4.79 Å². The number of carbonyl (C=O) groups is 2. The zero-order valence-corrected chi connectivity index (χ0v) is 11.7. The molecule has 1 fully saturated rings. The highest BCUT2D eigenvalue weighted by Crippen LogP contribution is 2.12. The summed E-state index contributed by atoms with van der Waals surface area (Å²) in [5.41, 5.74) is 0.667. The number of benzene rings is 1. The van der Waals surface area contributed by atoms with Crippen LogP contribution in [-0.2, 0) is 4.74 Å². The summed E-state index contributed by atoms with van der Waals surface area (Å²) in [6.07, 6.45) is 1.26. The van der Waals surface area contributed by atoms with Gasteiger partial charge in [-0.15, -0.1) is 0 Å². The molecule has 2 amide bonds. The van der Waals surface area contributed by atoms with E-state index in [1.54, 1.807) is 24.0 Å². The molecule has 0 radical (unpaired) electrons. The molecule has 0 bridgehead atoms. The SMILES string of the molecule is CCOC(=O)N1CCC(NC(=O)c2ccccc2)CC1. The molecule has 1 heterocycles. The van der Waals surface area contributed by atoms with Crippen LogP contribution in [0.1, 0.15) is 30.1 Å². The second kappa shape index (κ2) is 6.93. The van der Waals surface area contributed by atoms with Crippen molar-refractivity contribution >= 4 is 12.0 Å². The van der Waals surface area contributed by atoms with E-state index >= 15 is 0 Å². The van der Waals surface area contributed by atoms with Crippen LogP contribution in [0.2, 0.25) is 0 Å². The highest BCUT2D eigenvalue weighted by Gasteiger charge is 2.24. The largest absolute Gasteiger partial charge is 0.450 e. The van der Waals surface area contributed by atoms with Crippen molar-refractivity contribution in [1.82, 2.24) is 10.2 Å². The minimum absolute atomic E-state index is 0.0554. The van der Waals surface area contributed by atoms with E-state index in [2.05, 4.69) is 5.32 Å². The number of piperidine rings is 1. The Morgan fingerprint density at radius 3 is 2.50 bits per heavy atom. The molecule has 0 aromatic heterocycles.